The number of H-pyrrole nitrogens is 2. The number of nitrogens with one attached hydrogen (secondary N) is 2. The molecule has 2 aromatic heterocycles. The highest BCUT2D eigenvalue weighted by atomic mass is 16.1. The quantitative estimate of drug-likeness (QED) is 0.431. The second-order valence-corrected chi connectivity index (χ2v) is 7.56. The van der Waals surface area contributed by atoms with Crippen LogP contribution in [0.2, 0.25) is 0 Å². The first kappa shape index (κ1) is 19.8. The van der Waals surface area contributed by atoms with E-state index in [0.717, 1.165) is 34.4 Å². The normalized spacial score (nSPS) is 11.0. The third-order valence-corrected chi connectivity index (χ3v) is 5.30. The average molecular weight is 399 g/mol. The van der Waals surface area contributed by atoms with Crippen LogP contribution in [0.3, 0.4) is 0 Å². The van der Waals surface area contributed by atoms with E-state index in [0.29, 0.717) is 5.56 Å². The zero-order valence-electron chi connectivity index (χ0n) is 17.3. The van der Waals surface area contributed by atoms with Crippen LogP contribution < -0.4 is 5.56 Å². The minimum Gasteiger partial charge on any atom is -0.321 e. The molecule has 0 spiro atoms. The van der Waals surface area contributed by atoms with Crippen molar-refractivity contribution in [3.63, 3.8) is 0 Å². The van der Waals surface area contributed by atoms with Gasteiger partial charge in [-0.25, -0.2) is 0 Å². The number of pyridine rings is 1. The van der Waals surface area contributed by atoms with Gasteiger partial charge in [0.25, 0.3) is 5.56 Å². The number of aromatic nitrogens is 5. The summed E-state index contributed by atoms with van der Waals surface area (Å²) in [5.41, 5.74) is 6.10. The zero-order valence-corrected chi connectivity index (χ0v) is 17.3. The van der Waals surface area contributed by atoms with E-state index in [2.05, 4.69) is 56.8 Å². The molecule has 152 valence electrons. The van der Waals surface area contributed by atoms with Gasteiger partial charge in [0.1, 0.15) is 0 Å². The second-order valence-electron chi connectivity index (χ2n) is 7.56. The van der Waals surface area contributed by atoms with Crippen LogP contribution in [0.4, 0.5) is 0 Å². The predicted molar refractivity (Wildman–Crippen MR) is 119 cm³/mol. The lowest BCUT2D eigenvalue weighted by molar-refractivity contribution is 0.717. The molecule has 6 nitrogen and oxygen atoms in total. The van der Waals surface area contributed by atoms with Gasteiger partial charge in [0.15, 0.2) is 0 Å². The Morgan fingerprint density at radius 1 is 0.933 bits per heavy atom. The summed E-state index contributed by atoms with van der Waals surface area (Å²) in [7, 11) is 0. The lowest BCUT2D eigenvalue weighted by Crippen LogP contribution is -2.12. The fraction of sp³-hybridized carbons (Fsp3) is 0.250. The molecule has 0 radical (unpaired) electrons. The smallest absolute Gasteiger partial charge is 0.260 e. The van der Waals surface area contributed by atoms with Crippen LogP contribution >= 0.6 is 0 Å². The number of unbranched alkanes of at least 4 members (excludes halogenated alkanes) is 2. The summed E-state index contributed by atoms with van der Waals surface area (Å²) in [6.45, 7) is 4.25. The van der Waals surface area contributed by atoms with E-state index >= 15 is 0 Å². The van der Waals surface area contributed by atoms with E-state index in [1.165, 1.54) is 24.8 Å². The molecule has 2 N–H and O–H groups in total. The van der Waals surface area contributed by atoms with Crippen LogP contribution in [-0.2, 0) is 6.42 Å². The third-order valence-electron chi connectivity index (χ3n) is 5.30. The molecule has 0 amide bonds. The molecule has 0 saturated carbocycles. The van der Waals surface area contributed by atoms with Crippen LogP contribution in [0.1, 0.15) is 37.3 Å². The molecule has 4 aromatic rings. The number of tetrazole rings is 1. The minimum absolute atomic E-state index is 0.239. The molecule has 0 atom stereocenters. The number of hydrogen-bond acceptors (Lipinski definition) is 4. The maximum atomic E-state index is 13.0. The van der Waals surface area contributed by atoms with Crippen molar-refractivity contribution < 1.29 is 0 Å². The van der Waals surface area contributed by atoms with E-state index in [1.807, 2.05) is 37.3 Å². The Balaban J connectivity index is 1.77. The van der Waals surface area contributed by atoms with Crippen molar-refractivity contribution in [1.29, 1.82) is 0 Å². The molecule has 0 aliphatic carbocycles. The minimum atomic E-state index is -0.239. The SMILES string of the molecule is CCCCCc1ccc(-c2cc(-c3ccc(C)cc3)c(-c3nn[nH]n3)c(=O)[nH]2)cc1. The standard InChI is InChI=1S/C24H25N5O/c1-3-4-5-6-17-9-13-19(14-10-17)21-15-20(18-11-7-16(2)8-12-18)22(24(30)25-21)23-26-28-29-27-23/h7-15H,3-6H2,1-2H3,(H,25,30)(H,26,27,28,29). The maximum Gasteiger partial charge on any atom is 0.260 e. The summed E-state index contributed by atoms with van der Waals surface area (Å²) in [5.74, 6) is 0.282. The van der Waals surface area contributed by atoms with Crippen molar-refractivity contribution in [1.82, 2.24) is 25.6 Å². The van der Waals surface area contributed by atoms with Gasteiger partial charge in [-0.3, -0.25) is 4.79 Å². The van der Waals surface area contributed by atoms with Crippen LogP contribution in [-0.4, -0.2) is 25.6 Å². The summed E-state index contributed by atoms with van der Waals surface area (Å²) in [6.07, 6.45) is 4.74. The molecule has 30 heavy (non-hydrogen) atoms. The lowest BCUT2D eigenvalue weighted by atomic mass is 9.97. The van der Waals surface area contributed by atoms with Crippen LogP contribution in [0.5, 0.6) is 0 Å². The topological polar surface area (TPSA) is 87.3 Å². The number of benzene rings is 2. The van der Waals surface area contributed by atoms with Gasteiger partial charge in [0.2, 0.25) is 5.82 Å². The van der Waals surface area contributed by atoms with Gasteiger partial charge in [0, 0.05) is 11.3 Å². The van der Waals surface area contributed by atoms with Gasteiger partial charge in [-0.2, -0.15) is 5.21 Å². The van der Waals surface area contributed by atoms with Crippen molar-refractivity contribution in [3.05, 3.63) is 76.1 Å². The Morgan fingerprint density at radius 3 is 2.33 bits per heavy atom. The molecule has 0 unspecified atom stereocenters. The zero-order chi connectivity index (χ0) is 20.9. The first-order valence-corrected chi connectivity index (χ1v) is 10.3. The Kier molecular flexibility index (Phi) is 5.84. The second kappa shape index (κ2) is 8.86. The van der Waals surface area contributed by atoms with Crippen LogP contribution in [0.15, 0.2) is 59.4 Å². The number of aromatic amines is 2. The average Bonchev–Trinajstić information content (AvgIpc) is 3.29. The highest BCUT2D eigenvalue weighted by Crippen LogP contribution is 2.30. The van der Waals surface area contributed by atoms with E-state index in [4.69, 9.17) is 0 Å². The lowest BCUT2D eigenvalue weighted by Gasteiger charge is -2.11. The van der Waals surface area contributed by atoms with Crippen LogP contribution in [0, 0.1) is 6.92 Å². The molecule has 2 aromatic carbocycles. The monoisotopic (exact) mass is 399 g/mol. The van der Waals surface area contributed by atoms with E-state index in [1.54, 1.807) is 0 Å². The molecule has 6 heteroatoms. The fourth-order valence-corrected chi connectivity index (χ4v) is 3.60. The number of rotatable bonds is 7. The first-order valence-electron chi connectivity index (χ1n) is 10.3. The summed E-state index contributed by atoms with van der Waals surface area (Å²) in [5, 5.41) is 14.1. The van der Waals surface area contributed by atoms with Crippen molar-refractivity contribution in [2.75, 3.05) is 0 Å². The molecule has 4 rings (SSSR count). The van der Waals surface area contributed by atoms with Crippen molar-refractivity contribution in [2.45, 2.75) is 39.5 Å². The molecular formula is C24H25N5O. The molecule has 2 heterocycles. The largest absolute Gasteiger partial charge is 0.321 e. The first-order chi connectivity index (χ1) is 14.7. The third kappa shape index (κ3) is 4.22. The van der Waals surface area contributed by atoms with E-state index in [9.17, 15) is 4.79 Å². The van der Waals surface area contributed by atoms with Gasteiger partial charge in [0.05, 0.1) is 5.56 Å². The van der Waals surface area contributed by atoms with Gasteiger partial charge < -0.3 is 4.98 Å². The van der Waals surface area contributed by atoms with Gasteiger partial charge in [-0.1, -0.05) is 73.9 Å². The Labute approximate surface area is 175 Å². The number of nitrogens with zero attached hydrogens (tertiary/aromatic N) is 3. The van der Waals surface area contributed by atoms with E-state index in [-0.39, 0.29) is 11.4 Å². The fourth-order valence-electron chi connectivity index (χ4n) is 3.60. The molecule has 0 saturated heterocycles. The maximum absolute atomic E-state index is 13.0. The predicted octanol–water partition coefficient (Wildman–Crippen LogP) is 4.93. The summed E-state index contributed by atoms with van der Waals surface area (Å²) in [4.78, 5) is 16.0. The molecule has 0 bridgehead atoms. The van der Waals surface area contributed by atoms with Gasteiger partial charge in [-0.05, 0) is 47.7 Å². The van der Waals surface area contributed by atoms with Crippen molar-refractivity contribution in [3.8, 4) is 33.8 Å². The molecule has 0 aliphatic rings. The van der Waals surface area contributed by atoms with Crippen molar-refractivity contribution >= 4 is 0 Å². The highest BCUT2D eigenvalue weighted by Gasteiger charge is 2.17. The van der Waals surface area contributed by atoms with Crippen molar-refractivity contribution in [2.24, 2.45) is 0 Å². The summed E-state index contributed by atoms with van der Waals surface area (Å²) < 4.78 is 0. The molecular weight excluding hydrogens is 374 g/mol. The Morgan fingerprint density at radius 2 is 1.67 bits per heavy atom. The highest BCUT2D eigenvalue weighted by molar-refractivity contribution is 5.83. The van der Waals surface area contributed by atoms with Gasteiger partial charge >= 0.3 is 0 Å². The van der Waals surface area contributed by atoms with E-state index < -0.39 is 0 Å². The number of aryl methyl sites for hydroxylation is 2. The molecule has 0 aliphatic heterocycles. The molecule has 0 fully saturated rings. The Bertz CT molecular complexity index is 1160. The summed E-state index contributed by atoms with van der Waals surface area (Å²) in [6, 6.07) is 18.5. The van der Waals surface area contributed by atoms with Gasteiger partial charge in [-0.15, -0.1) is 10.2 Å². The summed E-state index contributed by atoms with van der Waals surface area (Å²) >= 11 is 0. The van der Waals surface area contributed by atoms with Crippen LogP contribution in [0.25, 0.3) is 33.8 Å². The Hall–Kier alpha value is -3.54. The number of hydrogen-bond donors (Lipinski definition) is 2.